The maximum atomic E-state index is 9.41. The van der Waals surface area contributed by atoms with E-state index in [0.717, 1.165) is 12.1 Å². The van der Waals surface area contributed by atoms with Crippen LogP contribution < -0.4 is 0 Å². The second-order valence-electron chi connectivity index (χ2n) is 4.32. The molecular weight excluding hydrogens is 198 g/mol. The summed E-state index contributed by atoms with van der Waals surface area (Å²) in [6.07, 6.45) is 2.16. The maximum Gasteiger partial charge on any atom is 0.115 e. The monoisotopic (exact) mass is 215 g/mol. The Morgan fingerprint density at radius 2 is 1.94 bits per heavy atom. The molecule has 16 heavy (non-hydrogen) atoms. The van der Waals surface area contributed by atoms with Crippen LogP contribution in [-0.4, -0.2) is 9.67 Å². The molecule has 0 bridgehead atoms. The third-order valence-corrected chi connectivity index (χ3v) is 3.18. The Bertz CT molecular complexity index is 511. The van der Waals surface area contributed by atoms with Crippen molar-refractivity contribution in [1.29, 1.82) is 0 Å². The average molecular weight is 215 g/mol. The highest BCUT2D eigenvalue weighted by Gasteiger charge is 2.05. The van der Waals surface area contributed by atoms with Gasteiger partial charge in [-0.15, -0.1) is 0 Å². The molecule has 0 saturated heterocycles. The highest BCUT2D eigenvalue weighted by atomic mass is 16.3. The number of rotatable bonds is 2. The molecule has 1 aromatic carbocycles. The van der Waals surface area contributed by atoms with Gasteiger partial charge < -0.3 is 9.67 Å². The van der Waals surface area contributed by atoms with E-state index in [4.69, 9.17) is 0 Å². The fourth-order valence-corrected chi connectivity index (χ4v) is 1.94. The molecule has 0 amide bonds. The molecule has 2 nitrogen and oxygen atoms in total. The average Bonchev–Trinajstić information content (AvgIpc) is 2.47. The SMILES string of the molecule is Cc1cn(Cc2cccc(O)c2)c(C)c1C. The van der Waals surface area contributed by atoms with Gasteiger partial charge >= 0.3 is 0 Å². The predicted octanol–water partition coefficient (Wildman–Crippen LogP) is 3.17. The Morgan fingerprint density at radius 1 is 1.19 bits per heavy atom. The van der Waals surface area contributed by atoms with Gasteiger partial charge in [0.15, 0.2) is 0 Å². The first-order valence-electron chi connectivity index (χ1n) is 5.49. The summed E-state index contributed by atoms with van der Waals surface area (Å²) in [5, 5.41) is 9.41. The van der Waals surface area contributed by atoms with Gasteiger partial charge in [0.25, 0.3) is 0 Å². The molecule has 0 aliphatic carbocycles. The first kappa shape index (κ1) is 10.8. The number of aromatic nitrogens is 1. The van der Waals surface area contributed by atoms with Gasteiger partial charge in [-0.3, -0.25) is 0 Å². The number of hydrogen-bond acceptors (Lipinski definition) is 1. The maximum absolute atomic E-state index is 9.41. The summed E-state index contributed by atoms with van der Waals surface area (Å²) >= 11 is 0. The quantitative estimate of drug-likeness (QED) is 0.817. The van der Waals surface area contributed by atoms with Crippen molar-refractivity contribution < 1.29 is 5.11 Å². The largest absolute Gasteiger partial charge is 0.508 e. The van der Waals surface area contributed by atoms with Crippen molar-refractivity contribution in [3.05, 3.63) is 52.8 Å². The van der Waals surface area contributed by atoms with Crippen molar-refractivity contribution in [3.8, 4) is 5.75 Å². The number of phenolic OH excluding ortho intramolecular Hbond substituents is 1. The third kappa shape index (κ3) is 1.96. The summed E-state index contributed by atoms with van der Waals surface area (Å²) in [6.45, 7) is 7.21. The second kappa shape index (κ2) is 4.05. The van der Waals surface area contributed by atoms with Crippen LogP contribution in [0.3, 0.4) is 0 Å². The van der Waals surface area contributed by atoms with E-state index in [1.807, 2.05) is 18.2 Å². The van der Waals surface area contributed by atoms with Crippen molar-refractivity contribution in [3.63, 3.8) is 0 Å². The molecular formula is C14H17NO. The van der Waals surface area contributed by atoms with Gasteiger partial charge in [0, 0.05) is 18.4 Å². The normalized spacial score (nSPS) is 10.7. The zero-order chi connectivity index (χ0) is 11.7. The highest BCUT2D eigenvalue weighted by Crippen LogP contribution is 2.18. The molecule has 0 spiro atoms. The molecule has 0 aliphatic heterocycles. The van der Waals surface area contributed by atoms with E-state index in [1.165, 1.54) is 16.8 Å². The van der Waals surface area contributed by atoms with Crippen LogP contribution in [0.25, 0.3) is 0 Å². The Labute approximate surface area is 96.2 Å². The van der Waals surface area contributed by atoms with Gasteiger partial charge in [-0.1, -0.05) is 12.1 Å². The van der Waals surface area contributed by atoms with Gasteiger partial charge in [-0.2, -0.15) is 0 Å². The van der Waals surface area contributed by atoms with Crippen molar-refractivity contribution in [2.24, 2.45) is 0 Å². The summed E-state index contributed by atoms with van der Waals surface area (Å²) in [5.41, 5.74) is 5.08. The summed E-state index contributed by atoms with van der Waals surface area (Å²) in [4.78, 5) is 0. The first-order chi connectivity index (χ1) is 7.58. The van der Waals surface area contributed by atoms with Crippen molar-refractivity contribution >= 4 is 0 Å². The molecule has 0 saturated carbocycles. The molecule has 84 valence electrons. The lowest BCUT2D eigenvalue weighted by molar-refractivity contribution is 0.474. The fraction of sp³-hybridized carbons (Fsp3) is 0.286. The number of nitrogens with zero attached hydrogens (tertiary/aromatic N) is 1. The lowest BCUT2D eigenvalue weighted by atomic mass is 10.2. The highest BCUT2D eigenvalue weighted by molar-refractivity contribution is 5.32. The summed E-state index contributed by atoms with van der Waals surface area (Å²) < 4.78 is 2.22. The number of benzene rings is 1. The van der Waals surface area contributed by atoms with Crippen LogP contribution in [0.5, 0.6) is 5.75 Å². The minimum Gasteiger partial charge on any atom is -0.508 e. The molecule has 1 N–H and O–H groups in total. The van der Waals surface area contributed by atoms with Crippen molar-refractivity contribution in [1.82, 2.24) is 4.57 Å². The third-order valence-electron chi connectivity index (χ3n) is 3.18. The number of phenols is 1. The molecule has 0 atom stereocenters. The van der Waals surface area contributed by atoms with E-state index in [2.05, 4.69) is 31.5 Å². The van der Waals surface area contributed by atoms with Crippen molar-refractivity contribution in [2.75, 3.05) is 0 Å². The summed E-state index contributed by atoms with van der Waals surface area (Å²) in [7, 11) is 0. The molecule has 0 unspecified atom stereocenters. The van der Waals surface area contributed by atoms with E-state index in [9.17, 15) is 5.11 Å². The van der Waals surface area contributed by atoms with E-state index in [-0.39, 0.29) is 0 Å². The Kier molecular flexibility index (Phi) is 2.73. The van der Waals surface area contributed by atoms with Crippen LogP contribution in [0, 0.1) is 20.8 Å². The van der Waals surface area contributed by atoms with Gasteiger partial charge in [0.1, 0.15) is 5.75 Å². The van der Waals surface area contributed by atoms with Crippen LogP contribution in [-0.2, 0) is 6.54 Å². The van der Waals surface area contributed by atoms with Crippen LogP contribution in [0.15, 0.2) is 30.5 Å². The number of aromatic hydroxyl groups is 1. The minimum absolute atomic E-state index is 0.329. The Morgan fingerprint density at radius 3 is 2.50 bits per heavy atom. The smallest absolute Gasteiger partial charge is 0.115 e. The van der Waals surface area contributed by atoms with Crippen LogP contribution >= 0.6 is 0 Å². The van der Waals surface area contributed by atoms with Gasteiger partial charge in [0.2, 0.25) is 0 Å². The minimum atomic E-state index is 0.329. The number of hydrogen-bond donors (Lipinski definition) is 1. The molecule has 1 aromatic heterocycles. The molecule has 2 rings (SSSR count). The Hall–Kier alpha value is -1.70. The number of aryl methyl sites for hydroxylation is 1. The van der Waals surface area contributed by atoms with E-state index < -0.39 is 0 Å². The summed E-state index contributed by atoms with van der Waals surface area (Å²) in [6, 6.07) is 7.42. The molecule has 2 aromatic rings. The van der Waals surface area contributed by atoms with E-state index >= 15 is 0 Å². The van der Waals surface area contributed by atoms with Gasteiger partial charge in [-0.05, 0) is 49.6 Å². The predicted molar refractivity (Wildman–Crippen MR) is 65.9 cm³/mol. The lowest BCUT2D eigenvalue weighted by Gasteiger charge is -2.07. The van der Waals surface area contributed by atoms with Crippen LogP contribution in [0.4, 0.5) is 0 Å². The van der Waals surface area contributed by atoms with Gasteiger partial charge in [-0.25, -0.2) is 0 Å². The molecule has 0 aliphatic rings. The summed E-state index contributed by atoms with van der Waals surface area (Å²) in [5.74, 6) is 0.329. The second-order valence-corrected chi connectivity index (χ2v) is 4.32. The Balaban J connectivity index is 2.30. The topological polar surface area (TPSA) is 25.2 Å². The van der Waals surface area contributed by atoms with Crippen LogP contribution in [0.2, 0.25) is 0 Å². The fourth-order valence-electron chi connectivity index (χ4n) is 1.94. The lowest BCUT2D eigenvalue weighted by Crippen LogP contribution is -2.00. The molecule has 0 fully saturated rings. The van der Waals surface area contributed by atoms with E-state index in [0.29, 0.717) is 5.75 Å². The molecule has 1 heterocycles. The zero-order valence-corrected chi connectivity index (χ0v) is 9.99. The standard InChI is InChI=1S/C14H17NO/c1-10-8-15(12(3)11(10)2)9-13-5-4-6-14(16)7-13/h4-8,16H,9H2,1-3H3. The van der Waals surface area contributed by atoms with Gasteiger partial charge in [0.05, 0.1) is 0 Å². The van der Waals surface area contributed by atoms with E-state index in [1.54, 1.807) is 6.07 Å². The van der Waals surface area contributed by atoms with Crippen LogP contribution in [0.1, 0.15) is 22.4 Å². The zero-order valence-electron chi connectivity index (χ0n) is 9.99. The molecule has 2 heteroatoms. The van der Waals surface area contributed by atoms with Crippen molar-refractivity contribution in [2.45, 2.75) is 27.3 Å². The molecule has 0 radical (unpaired) electrons. The first-order valence-corrected chi connectivity index (χ1v) is 5.49.